The molecule has 0 saturated heterocycles. The van der Waals surface area contributed by atoms with Crippen LogP contribution >= 0.6 is 11.3 Å². The molecule has 162 valence electrons. The van der Waals surface area contributed by atoms with Crippen molar-refractivity contribution in [3.8, 4) is 22.0 Å². The lowest BCUT2D eigenvalue weighted by molar-refractivity contribution is 0.0727. The maximum atomic E-state index is 5.67. The summed E-state index contributed by atoms with van der Waals surface area (Å²) in [5.41, 5.74) is 3.05. The van der Waals surface area contributed by atoms with Gasteiger partial charge >= 0.3 is 0 Å². The Bertz CT molecular complexity index is 1240. The molecule has 0 saturated carbocycles. The second kappa shape index (κ2) is 9.73. The molecule has 0 atom stereocenters. The Morgan fingerprint density at radius 1 is 0.625 bits per heavy atom. The minimum atomic E-state index is 0.243. The highest BCUT2D eigenvalue weighted by Gasteiger charge is 2.13. The first-order valence-electron chi connectivity index (χ1n) is 9.94. The summed E-state index contributed by atoms with van der Waals surface area (Å²) in [6, 6.07) is 19.3. The summed E-state index contributed by atoms with van der Waals surface area (Å²) in [6.07, 6.45) is 0. The molecule has 0 unspecified atom stereocenters. The van der Waals surface area contributed by atoms with Crippen LogP contribution in [0.15, 0.2) is 79.6 Å². The molecule has 4 aromatic heterocycles. The number of hydrogen-bond donors (Lipinski definition) is 0. The molecule has 32 heavy (non-hydrogen) atoms. The van der Waals surface area contributed by atoms with E-state index < -0.39 is 0 Å². The van der Waals surface area contributed by atoms with Gasteiger partial charge in [0.05, 0.1) is 11.5 Å². The van der Waals surface area contributed by atoms with Crippen LogP contribution in [0.25, 0.3) is 22.0 Å². The monoisotopic (exact) mass is 449 g/mol. The Morgan fingerprint density at radius 2 is 1.19 bits per heavy atom. The Balaban J connectivity index is 1.10. The smallest absolute Gasteiger partial charge is 0.163 e. The second-order valence-electron chi connectivity index (χ2n) is 6.98. The third kappa shape index (κ3) is 5.02. The first-order valence-corrected chi connectivity index (χ1v) is 10.8. The van der Waals surface area contributed by atoms with Crippen LogP contribution < -0.4 is 0 Å². The summed E-state index contributed by atoms with van der Waals surface area (Å²) in [6.45, 7) is 1.34. The highest BCUT2D eigenvalue weighted by atomic mass is 32.1. The largest absolute Gasteiger partial charge is 0.369 e. The van der Waals surface area contributed by atoms with Gasteiger partial charge < -0.3 is 23.0 Å². The minimum Gasteiger partial charge on any atom is -0.369 e. The zero-order valence-corrected chi connectivity index (χ0v) is 17.8. The van der Waals surface area contributed by atoms with Crippen molar-refractivity contribution in [1.82, 2.24) is 15.5 Å². The number of thiophene rings is 1. The quantitative estimate of drug-likeness (QED) is 0.276. The summed E-state index contributed by atoms with van der Waals surface area (Å²) in [5.74, 6) is 1.83. The van der Waals surface area contributed by atoms with Crippen molar-refractivity contribution in [3.63, 3.8) is 0 Å². The number of hydrogen-bond acceptors (Lipinski definition) is 9. The zero-order valence-electron chi connectivity index (χ0n) is 17.0. The highest BCUT2D eigenvalue weighted by molar-refractivity contribution is 7.13. The van der Waals surface area contributed by atoms with E-state index in [4.69, 9.17) is 23.0 Å². The zero-order chi connectivity index (χ0) is 21.6. The number of nitrogens with zero attached hydrogens (tertiary/aromatic N) is 3. The van der Waals surface area contributed by atoms with Crippen LogP contribution in [0.2, 0.25) is 0 Å². The van der Waals surface area contributed by atoms with E-state index in [9.17, 15) is 0 Å². The average molecular weight is 449 g/mol. The lowest BCUT2D eigenvalue weighted by Crippen LogP contribution is -1.92. The van der Waals surface area contributed by atoms with E-state index in [0.717, 1.165) is 16.1 Å². The summed E-state index contributed by atoms with van der Waals surface area (Å²) < 4.78 is 27.3. The van der Waals surface area contributed by atoms with Crippen molar-refractivity contribution in [3.05, 3.63) is 88.9 Å². The Morgan fingerprint density at radius 3 is 1.78 bits per heavy atom. The molecular formula is C23H19N3O5S. The topological polar surface area (TPSA) is 96.6 Å². The van der Waals surface area contributed by atoms with Gasteiger partial charge in [-0.25, -0.2) is 0 Å². The first kappa shape index (κ1) is 20.4. The van der Waals surface area contributed by atoms with Gasteiger partial charge in [-0.2, -0.15) is 0 Å². The molecule has 4 heterocycles. The van der Waals surface area contributed by atoms with E-state index in [2.05, 4.69) is 15.5 Å². The van der Waals surface area contributed by atoms with Crippen LogP contribution in [0.5, 0.6) is 0 Å². The van der Waals surface area contributed by atoms with E-state index in [0.29, 0.717) is 41.9 Å². The van der Waals surface area contributed by atoms with Crippen molar-refractivity contribution < 1.29 is 23.0 Å². The first-order chi connectivity index (χ1) is 15.8. The molecule has 9 heteroatoms. The van der Waals surface area contributed by atoms with E-state index in [1.807, 2.05) is 53.9 Å². The van der Waals surface area contributed by atoms with Gasteiger partial charge in [-0.1, -0.05) is 51.9 Å². The Kier molecular flexibility index (Phi) is 6.20. The van der Waals surface area contributed by atoms with Gasteiger partial charge in [0, 0.05) is 18.2 Å². The lowest BCUT2D eigenvalue weighted by Gasteiger charge is -2.00. The molecule has 0 radical (unpaired) electrons. The molecule has 0 amide bonds. The van der Waals surface area contributed by atoms with Crippen LogP contribution in [0.4, 0.5) is 0 Å². The predicted octanol–water partition coefficient (Wildman–Crippen LogP) is 5.48. The molecule has 0 aliphatic heterocycles. The van der Waals surface area contributed by atoms with Gasteiger partial charge in [-0.15, -0.1) is 11.3 Å². The fraction of sp³-hybridized carbons (Fsp3) is 0.174. The molecule has 1 aromatic carbocycles. The number of ether oxygens (including phenoxy) is 2. The molecule has 0 bridgehead atoms. The van der Waals surface area contributed by atoms with Gasteiger partial charge in [0.1, 0.15) is 36.9 Å². The second-order valence-corrected chi connectivity index (χ2v) is 7.93. The van der Waals surface area contributed by atoms with Gasteiger partial charge in [-0.3, -0.25) is 0 Å². The average Bonchev–Trinajstić information content (AvgIpc) is 3.61. The third-order valence-electron chi connectivity index (χ3n) is 4.56. The van der Waals surface area contributed by atoms with Crippen LogP contribution in [0.3, 0.4) is 0 Å². The summed E-state index contributed by atoms with van der Waals surface area (Å²) in [5, 5.41) is 14.1. The number of benzene rings is 1. The van der Waals surface area contributed by atoms with Gasteiger partial charge in [0.2, 0.25) is 0 Å². The normalized spacial score (nSPS) is 11.2. The van der Waals surface area contributed by atoms with Gasteiger partial charge in [0.25, 0.3) is 0 Å². The lowest BCUT2D eigenvalue weighted by atomic mass is 10.2. The molecule has 5 aromatic rings. The Hall–Kier alpha value is -3.53. The summed E-state index contributed by atoms with van der Waals surface area (Å²) in [7, 11) is 0. The van der Waals surface area contributed by atoms with Crippen LogP contribution in [-0.2, 0) is 35.9 Å². The highest BCUT2D eigenvalue weighted by Crippen LogP contribution is 2.25. The minimum absolute atomic E-state index is 0.243. The predicted molar refractivity (Wildman–Crippen MR) is 115 cm³/mol. The summed E-state index contributed by atoms with van der Waals surface area (Å²) in [4.78, 5) is 1.05. The molecule has 0 fully saturated rings. The summed E-state index contributed by atoms with van der Waals surface area (Å²) >= 11 is 1.61. The fourth-order valence-electron chi connectivity index (χ4n) is 3.02. The van der Waals surface area contributed by atoms with Crippen molar-refractivity contribution in [2.45, 2.75) is 26.4 Å². The van der Waals surface area contributed by atoms with Crippen LogP contribution in [0.1, 0.15) is 22.8 Å². The molecule has 0 aliphatic carbocycles. The van der Waals surface area contributed by atoms with Crippen molar-refractivity contribution in [2.24, 2.45) is 0 Å². The standard InChI is InChI=1S/C23H19N3O5S/c1-2-5-16(6-3-1)12-27-13-17-9-20(24-29-17)21-10-18(30-25-21)14-28-15-19-11-22(26-31-19)23-7-4-8-32-23/h1-11H,12-15H2. The SMILES string of the molecule is c1ccc(COCc2cc(-c3cc(COCc4cc(-c5cccs5)no4)on3)no2)cc1. The maximum Gasteiger partial charge on any atom is 0.163 e. The molecule has 5 rings (SSSR count). The Labute approximate surface area is 187 Å². The molecule has 0 aliphatic rings. The van der Waals surface area contributed by atoms with Crippen molar-refractivity contribution in [1.29, 1.82) is 0 Å². The fourth-order valence-corrected chi connectivity index (χ4v) is 3.70. The van der Waals surface area contributed by atoms with E-state index >= 15 is 0 Å². The van der Waals surface area contributed by atoms with E-state index in [-0.39, 0.29) is 13.2 Å². The molecule has 8 nitrogen and oxygen atoms in total. The van der Waals surface area contributed by atoms with Crippen LogP contribution in [-0.4, -0.2) is 15.5 Å². The number of aromatic nitrogens is 3. The maximum absolute atomic E-state index is 5.67. The third-order valence-corrected chi connectivity index (χ3v) is 5.45. The van der Waals surface area contributed by atoms with E-state index in [1.54, 1.807) is 23.5 Å². The molecule has 0 N–H and O–H groups in total. The van der Waals surface area contributed by atoms with Crippen molar-refractivity contribution >= 4 is 11.3 Å². The van der Waals surface area contributed by atoms with E-state index in [1.165, 1.54) is 0 Å². The van der Waals surface area contributed by atoms with Crippen LogP contribution in [0, 0.1) is 0 Å². The molecule has 0 spiro atoms. The van der Waals surface area contributed by atoms with Crippen molar-refractivity contribution in [2.75, 3.05) is 0 Å². The molecular weight excluding hydrogens is 430 g/mol. The van der Waals surface area contributed by atoms with Gasteiger partial charge in [-0.05, 0) is 17.0 Å². The number of rotatable bonds is 10. The van der Waals surface area contributed by atoms with Gasteiger partial charge in [0.15, 0.2) is 17.3 Å².